The summed E-state index contributed by atoms with van der Waals surface area (Å²) in [5.74, 6) is -1.40. The van der Waals surface area contributed by atoms with Gasteiger partial charge in [-0.1, -0.05) is 12.1 Å². The number of rotatable bonds is 3. The summed E-state index contributed by atoms with van der Waals surface area (Å²) in [4.78, 5) is 26.8. The molecule has 2 aromatic rings. The molecule has 2 amide bonds. The minimum Gasteiger partial charge on any atom is -0.508 e. The van der Waals surface area contributed by atoms with Gasteiger partial charge in [0.1, 0.15) is 17.5 Å². The van der Waals surface area contributed by atoms with Crippen LogP contribution in [0, 0.1) is 11.7 Å². The number of nitrogens with one attached hydrogen (secondary N) is 1. The lowest BCUT2D eigenvalue weighted by Gasteiger charge is -2.19. The summed E-state index contributed by atoms with van der Waals surface area (Å²) in [5.41, 5.74) is 2.38. The number of fused-ring (bicyclic) bond motifs is 1. The van der Waals surface area contributed by atoms with Crippen molar-refractivity contribution in [3.63, 3.8) is 0 Å². The average Bonchev–Trinajstić information content (AvgIpc) is 3.21. The van der Waals surface area contributed by atoms with E-state index >= 15 is 0 Å². The molecule has 0 spiro atoms. The average molecular weight is 354 g/mol. The molecule has 6 heteroatoms. The van der Waals surface area contributed by atoms with Crippen LogP contribution in [0.2, 0.25) is 0 Å². The van der Waals surface area contributed by atoms with E-state index in [0.717, 1.165) is 11.1 Å². The molecule has 2 aliphatic rings. The number of nitrogens with zero attached hydrogens (tertiary/aromatic N) is 1. The highest BCUT2D eigenvalue weighted by Gasteiger charge is 2.39. The van der Waals surface area contributed by atoms with Gasteiger partial charge in [-0.15, -0.1) is 0 Å². The molecule has 0 bridgehead atoms. The molecule has 2 unspecified atom stereocenters. The number of hydrogen-bond donors (Lipinski definition) is 2. The van der Waals surface area contributed by atoms with Gasteiger partial charge in [0.15, 0.2) is 0 Å². The maximum atomic E-state index is 13.1. The van der Waals surface area contributed by atoms with E-state index in [2.05, 4.69) is 5.32 Å². The number of benzene rings is 2. The first-order valence-electron chi connectivity index (χ1n) is 8.72. The molecule has 1 saturated heterocycles. The normalized spacial score (nSPS) is 21.7. The number of halogens is 1. The number of hydrogen-bond acceptors (Lipinski definition) is 3. The van der Waals surface area contributed by atoms with Crippen molar-refractivity contribution in [3.05, 3.63) is 59.4 Å². The van der Waals surface area contributed by atoms with Crippen LogP contribution in [0.3, 0.4) is 0 Å². The third-order valence-electron chi connectivity index (χ3n) is 5.22. The highest BCUT2D eigenvalue weighted by atomic mass is 19.1. The van der Waals surface area contributed by atoms with Crippen LogP contribution in [0.5, 0.6) is 5.75 Å². The van der Waals surface area contributed by atoms with Crippen molar-refractivity contribution in [2.45, 2.75) is 25.3 Å². The summed E-state index contributed by atoms with van der Waals surface area (Å²) in [6.45, 7) is 0.435. The Morgan fingerprint density at radius 3 is 2.69 bits per heavy atom. The number of anilines is 1. The number of carbonyl (C=O) groups excluding carboxylic acids is 2. The highest BCUT2D eigenvalue weighted by Crippen LogP contribution is 2.36. The SMILES string of the molecule is O=C(NC1CCc2c(O)cccc21)C1CCN(c2ccc(F)cc2)C1=O. The van der Waals surface area contributed by atoms with Gasteiger partial charge >= 0.3 is 0 Å². The van der Waals surface area contributed by atoms with Crippen molar-refractivity contribution in [2.75, 3.05) is 11.4 Å². The summed E-state index contributed by atoms with van der Waals surface area (Å²) < 4.78 is 13.1. The lowest BCUT2D eigenvalue weighted by atomic mass is 10.0. The molecule has 134 valence electrons. The number of amides is 2. The maximum absolute atomic E-state index is 13.1. The maximum Gasteiger partial charge on any atom is 0.239 e. The van der Waals surface area contributed by atoms with Gasteiger partial charge in [-0.25, -0.2) is 4.39 Å². The Morgan fingerprint density at radius 1 is 1.15 bits per heavy atom. The monoisotopic (exact) mass is 354 g/mol. The first-order valence-corrected chi connectivity index (χ1v) is 8.72. The summed E-state index contributed by atoms with van der Waals surface area (Å²) in [5, 5.41) is 12.9. The van der Waals surface area contributed by atoms with Gasteiger partial charge in [0.2, 0.25) is 11.8 Å². The molecule has 1 heterocycles. The second-order valence-electron chi connectivity index (χ2n) is 6.75. The zero-order chi connectivity index (χ0) is 18.3. The second kappa shape index (κ2) is 6.44. The standard InChI is InChI=1S/C20H19FN2O3/c21-12-4-6-13(7-5-12)23-11-10-16(20(23)26)19(25)22-17-9-8-15-14(17)2-1-3-18(15)24/h1-7,16-17,24H,8-11H2,(H,22,25). The van der Waals surface area contributed by atoms with E-state index < -0.39 is 5.92 Å². The quantitative estimate of drug-likeness (QED) is 0.833. The Bertz CT molecular complexity index is 866. The fourth-order valence-electron chi connectivity index (χ4n) is 3.86. The van der Waals surface area contributed by atoms with Crippen LogP contribution in [0.1, 0.15) is 30.0 Å². The Labute approximate surface area is 150 Å². The number of phenolic OH excluding ortho intramolecular Hbond substituents is 1. The van der Waals surface area contributed by atoms with Crippen LogP contribution in [-0.4, -0.2) is 23.5 Å². The fraction of sp³-hybridized carbons (Fsp3) is 0.300. The first-order chi connectivity index (χ1) is 12.5. The van der Waals surface area contributed by atoms with Crippen molar-refractivity contribution in [2.24, 2.45) is 5.92 Å². The first kappa shape index (κ1) is 16.6. The molecule has 2 aromatic carbocycles. The number of carbonyl (C=O) groups is 2. The smallest absolute Gasteiger partial charge is 0.239 e. The molecule has 26 heavy (non-hydrogen) atoms. The van der Waals surface area contributed by atoms with Crippen molar-refractivity contribution >= 4 is 17.5 Å². The van der Waals surface area contributed by atoms with E-state index in [-0.39, 0.29) is 29.4 Å². The molecule has 2 N–H and O–H groups in total. The topological polar surface area (TPSA) is 69.6 Å². The molecule has 2 atom stereocenters. The lowest BCUT2D eigenvalue weighted by molar-refractivity contribution is -0.132. The largest absolute Gasteiger partial charge is 0.508 e. The summed E-state index contributed by atoms with van der Waals surface area (Å²) in [7, 11) is 0. The molecule has 5 nitrogen and oxygen atoms in total. The van der Waals surface area contributed by atoms with Gasteiger partial charge in [-0.2, -0.15) is 0 Å². The summed E-state index contributed by atoms with van der Waals surface area (Å²) >= 11 is 0. The minimum absolute atomic E-state index is 0.183. The van der Waals surface area contributed by atoms with Gasteiger partial charge in [0.05, 0.1) is 6.04 Å². The second-order valence-corrected chi connectivity index (χ2v) is 6.75. The van der Waals surface area contributed by atoms with E-state index in [0.29, 0.717) is 31.5 Å². The van der Waals surface area contributed by atoms with Gasteiger partial charge in [0, 0.05) is 12.2 Å². The molecule has 0 aromatic heterocycles. The molecule has 1 aliphatic carbocycles. The van der Waals surface area contributed by atoms with Crippen molar-refractivity contribution in [3.8, 4) is 5.75 Å². The predicted molar refractivity (Wildman–Crippen MR) is 94.2 cm³/mol. The molecule has 0 saturated carbocycles. The van der Waals surface area contributed by atoms with Crippen LogP contribution in [0.15, 0.2) is 42.5 Å². The van der Waals surface area contributed by atoms with Gasteiger partial charge < -0.3 is 15.3 Å². The zero-order valence-corrected chi connectivity index (χ0v) is 14.1. The Morgan fingerprint density at radius 2 is 1.92 bits per heavy atom. The van der Waals surface area contributed by atoms with E-state index in [4.69, 9.17) is 0 Å². The van der Waals surface area contributed by atoms with E-state index in [9.17, 15) is 19.1 Å². The van der Waals surface area contributed by atoms with Gasteiger partial charge in [-0.3, -0.25) is 9.59 Å². The van der Waals surface area contributed by atoms with Crippen LogP contribution >= 0.6 is 0 Å². The molecule has 1 aliphatic heterocycles. The zero-order valence-electron chi connectivity index (χ0n) is 14.1. The van der Waals surface area contributed by atoms with Crippen LogP contribution in [0.25, 0.3) is 0 Å². The van der Waals surface area contributed by atoms with Gasteiger partial charge in [-0.05, 0) is 60.7 Å². The highest BCUT2D eigenvalue weighted by molar-refractivity contribution is 6.09. The molecular formula is C20H19FN2O3. The molecular weight excluding hydrogens is 335 g/mol. The molecule has 0 radical (unpaired) electrons. The third-order valence-corrected chi connectivity index (χ3v) is 5.22. The van der Waals surface area contributed by atoms with Crippen molar-refractivity contribution in [1.29, 1.82) is 0 Å². The summed E-state index contributed by atoms with van der Waals surface area (Å²) in [6.07, 6.45) is 1.84. The fourth-order valence-corrected chi connectivity index (χ4v) is 3.86. The van der Waals surface area contributed by atoms with Crippen LogP contribution in [-0.2, 0) is 16.0 Å². The van der Waals surface area contributed by atoms with Crippen LogP contribution < -0.4 is 10.2 Å². The Kier molecular flexibility index (Phi) is 4.11. The minimum atomic E-state index is -0.735. The van der Waals surface area contributed by atoms with E-state index in [1.807, 2.05) is 6.07 Å². The predicted octanol–water partition coefficient (Wildman–Crippen LogP) is 2.69. The molecule has 1 fully saturated rings. The Hall–Kier alpha value is -2.89. The molecule has 4 rings (SSSR count). The summed E-state index contributed by atoms with van der Waals surface area (Å²) in [6, 6.07) is 10.8. The van der Waals surface area contributed by atoms with E-state index in [1.165, 1.54) is 17.0 Å². The van der Waals surface area contributed by atoms with Crippen LogP contribution in [0.4, 0.5) is 10.1 Å². The van der Waals surface area contributed by atoms with Crippen molar-refractivity contribution < 1.29 is 19.1 Å². The van der Waals surface area contributed by atoms with Gasteiger partial charge in [0.25, 0.3) is 0 Å². The van der Waals surface area contributed by atoms with Crippen molar-refractivity contribution in [1.82, 2.24) is 5.32 Å². The number of aromatic hydroxyl groups is 1. The number of phenols is 1. The Balaban J connectivity index is 1.46. The lowest BCUT2D eigenvalue weighted by Crippen LogP contribution is -2.38. The van der Waals surface area contributed by atoms with E-state index in [1.54, 1.807) is 24.3 Å². The third kappa shape index (κ3) is 2.81.